The van der Waals surface area contributed by atoms with Crippen LogP contribution in [0.2, 0.25) is 0 Å². The zero-order valence-corrected chi connectivity index (χ0v) is 9.34. The first kappa shape index (κ1) is 10.7. The molecule has 1 aliphatic carbocycles. The lowest BCUT2D eigenvalue weighted by molar-refractivity contribution is -0.872. The summed E-state index contributed by atoms with van der Waals surface area (Å²) in [6, 6.07) is 0. The number of quaternary nitrogens is 1. The van der Waals surface area contributed by atoms with Crippen molar-refractivity contribution in [1.29, 1.82) is 0 Å². The number of hydrogen-bond donors (Lipinski definition) is 0. The fraction of sp³-hybridized carbons (Fsp3) is 0.909. The molecule has 1 saturated carbocycles. The molecule has 0 aromatic rings. The first-order valence-corrected chi connectivity index (χ1v) is 5.24. The van der Waals surface area contributed by atoms with Crippen molar-refractivity contribution in [2.24, 2.45) is 11.8 Å². The molecule has 0 aliphatic heterocycles. The van der Waals surface area contributed by atoms with E-state index in [1.165, 1.54) is 6.42 Å². The normalized spacial score (nSPS) is 30.6. The number of nitrogens with zero attached hydrogens (tertiary/aromatic N) is 1. The molecule has 0 radical (unpaired) electrons. The highest BCUT2D eigenvalue weighted by Crippen LogP contribution is 2.26. The molecule has 1 fully saturated rings. The fourth-order valence-corrected chi connectivity index (χ4v) is 2.20. The van der Waals surface area contributed by atoms with E-state index >= 15 is 0 Å². The van der Waals surface area contributed by atoms with E-state index in [2.05, 4.69) is 28.1 Å². The number of carbonyl (C=O) groups excluding carboxylic acids is 1. The van der Waals surface area contributed by atoms with Crippen LogP contribution in [0.15, 0.2) is 0 Å². The third kappa shape index (κ3) is 3.11. The highest BCUT2D eigenvalue weighted by molar-refractivity contribution is 5.83. The van der Waals surface area contributed by atoms with Gasteiger partial charge in [0.1, 0.15) is 5.78 Å². The van der Waals surface area contributed by atoms with Crippen molar-refractivity contribution in [1.82, 2.24) is 0 Å². The summed E-state index contributed by atoms with van der Waals surface area (Å²) in [4.78, 5) is 11.8. The molecule has 0 N–H and O–H groups in total. The van der Waals surface area contributed by atoms with E-state index < -0.39 is 0 Å². The first-order chi connectivity index (χ1) is 5.90. The van der Waals surface area contributed by atoms with Gasteiger partial charge in [-0.15, -0.1) is 0 Å². The minimum Gasteiger partial charge on any atom is -0.330 e. The van der Waals surface area contributed by atoms with Crippen molar-refractivity contribution in [3.05, 3.63) is 0 Å². The highest BCUT2D eigenvalue weighted by atomic mass is 16.1. The average Bonchev–Trinajstić information content (AvgIpc) is 1.96. The SMILES string of the molecule is C[C@H]1CCC[C@H](C[N+](C)(C)C)C1=O. The highest BCUT2D eigenvalue weighted by Gasteiger charge is 2.31. The molecule has 0 amide bonds. The van der Waals surface area contributed by atoms with Gasteiger partial charge in [0.15, 0.2) is 0 Å². The summed E-state index contributed by atoms with van der Waals surface area (Å²) >= 11 is 0. The number of ketones is 1. The average molecular weight is 184 g/mol. The second-order valence-corrected chi connectivity index (χ2v) is 5.40. The Labute approximate surface area is 81.5 Å². The summed E-state index contributed by atoms with van der Waals surface area (Å²) in [6.07, 6.45) is 3.45. The molecule has 0 bridgehead atoms. The van der Waals surface area contributed by atoms with E-state index in [4.69, 9.17) is 0 Å². The Morgan fingerprint density at radius 1 is 1.31 bits per heavy atom. The Hall–Kier alpha value is -0.370. The molecule has 0 saturated heterocycles. The molecule has 2 atom stereocenters. The van der Waals surface area contributed by atoms with Gasteiger partial charge in [0.2, 0.25) is 0 Å². The molecule has 76 valence electrons. The topological polar surface area (TPSA) is 17.1 Å². The van der Waals surface area contributed by atoms with E-state index in [1.807, 2.05) is 0 Å². The smallest absolute Gasteiger partial charge is 0.144 e. The first-order valence-electron chi connectivity index (χ1n) is 5.24. The maximum absolute atomic E-state index is 11.8. The van der Waals surface area contributed by atoms with Crippen LogP contribution in [-0.2, 0) is 4.79 Å². The molecule has 1 aliphatic rings. The van der Waals surface area contributed by atoms with Crippen LogP contribution in [-0.4, -0.2) is 38.0 Å². The molecule has 0 aromatic carbocycles. The number of Topliss-reactive ketones (excluding diaryl/α,β-unsaturated/α-hetero) is 1. The molecule has 0 spiro atoms. The van der Waals surface area contributed by atoms with E-state index in [1.54, 1.807) is 0 Å². The molecule has 0 unspecified atom stereocenters. The summed E-state index contributed by atoms with van der Waals surface area (Å²) in [5.41, 5.74) is 0. The monoisotopic (exact) mass is 184 g/mol. The Kier molecular flexibility index (Phi) is 3.12. The molecular weight excluding hydrogens is 162 g/mol. The van der Waals surface area contributed by atoms with Crippen LogP contribution in [0.4, 0.5) is 0 Å². The van der Waals surface area contributed by atoms with Crippen molar-refractivity contribution in [3.8, 4) is 0 Å². The summed E-state index contributed by atoms with van der Waals surface area (Å²) in [7, 11) is 6.48. The molecular formula is C11H22NO+. The van der Waals surface area contributed by atoms with E-state index in [0.717, 1.165) is 23.9 Å². The van der Waals surface area contributed by atoms with Crippen molar-refractivity contribution in [2.75, 3.05) is 27.7 Å². The zero-order chi connectivity index (χ0) is 10.1. The molecule has 2 heteroatoms. The standard InChI is InChI=1S/C11H22NO/c1-9-6-5-7-10(11(9)13)8-12(2,3)4/h9-10H,5-8H2,1-4H3/q+1/t9-,10+/m0/s1. The van der Waals surface area contributed by atoms with Crippen LogP contribution < -0.4 is 0 Å². The van der Waals surface area contributed by atoms with Crippen LogP contribution in [0, 0.1) is 11.8 Å². The lowest BCUT2D eigenvalue weighted by Gasteiger charge is -2.32. The van der Waals surface area contributed by atoms with Crippen LogP contribution >= 0.6 is 0 Å². The van der Waals surface area contributed by atoms with Gasteiger partial charge in [0.25, 0.3) is 0 Å². The van der Waals surface area contributed by atoms with Gasteiger partial charge in [-0.1, -0.05) is 13.3 Å². The third-order valence-electron chi connectivity index (χ3n) is 2.85. The van der Waals surface area contributed by atoms with Crippen LogP contribution in [0.25, 0.3) is 0 Å². The molecule has 1 rings (SSSR count). The predicted octanol–water partition coefficient (Wildman–Crippen LogP) is 1.70. The minimum absolute atomic E-state index is 0.310. The Morgan fingerprint density at radius 3 is 2.46 bits per heavy atom. The Morgan fingerprint density at radius 2 is 1.92 bits per heavy atom. The van der Waals surface area contributed by atoms with Crippen molar-refractivity contribution >= 4 is 5.78 Å². The summed E-state index contributed by atoms with van der Waals surface area (Å²) in [5.74, 6) is 1.13. The van der Waals surface area contributed by atoms with E-state index in [9.17, 15) is 4.79 Å². The van der Waals surface area contributed by atoms with E-state index in [-0.39, 0.29) is 0 Å². The summed E-state index contributed by atoms with van der Waals surface area (Å²) in [5, 5.41) is 0. The Bertz CT molecular complexity index is 193. The second-order valence-electron chi connectivity index (χ2n) is 5.40. The number of rotatable bonds is 2. The zero-order valence-electron chi connectivity index (χ0n) is 9.34. The number of hydrogen-bond acceptors (Lipinski definition) is 1. The van der Waals surface area contributed by atoms with Gasteiger partial charge in [0, 0.05) is 5.92 Å². The lowest BCUT2D eigenvalue weighted by atomic mass is 9.81. The van der Waals surface area contributed by atoms with Crippen LogP contribution in [0.5, 0.6) is 0 Å². The molecule has 13 heavy (non-hydrogen) atoms. The number of carbonyl (C=O) groups is 1. The Balaban J connectivity index is 2.54. The van der Waals surface area contributed by atoms with Gasteiger partial charge in [-0.05, 0) is 12.8 Å². The minimum atomic E-state index is 0.310. The van der Waals surface area contributed by atoms with Crippen molar-refractivity contribution in [2.45, 2.75) is 26.2 Å². The van der Waals surface area contributed by atoms with Crippen molar-refractivity contribution in [3.63, 3.8) is 0 Å². The van der Waals surface area contributed by atoms with E-state index in [0.29, 0.717) is 17.6 Å². The van der Waals surface area contributed by atoms with Gasteiger partial charge < -0.3 is 4.48 Å². The lowest BCUT2D eigenvalue weighted by Crippen LogP contribution is -2.43. The van der Waals surface area contributed by atoms with Gasteiger partial charge in [-0.25, -0.2) is 0 Å². The van der Waals surface area contributed by atoms with Crippen LogP contribution in [0.1, 0.15) is 26.2 Å². The van der Waals surface area contributed by atoms with Gasteiger partial charge in [-0.2, -0.15) is 0 Å². The maximum Gasteiger partial charge on any atom is 0.144 e. The van der Waals surface area contributed by atoms with Gasteiger partial charge >= 0.3 is 0 Å². The van der Waals surface area contributed by atoms with Gasteiger partial charge in [0.05, 0.1) is 33.6 Å². The quantitative estimate of drug-likeness (QED) is 0.597. The predicted molar refractivity (Wildman–Crippen MR) is 54.4 cm³/mol. The second kappa shape index (κ2) is 3.79. The molecule has 2 nitrogen and oxygen atoms in total. The summed E-state index contributed by atoms with van der Waals surface area (Å²) < 4.78 is 0.906. The maximum atomic E-state index is 11.8. The van der Waals surface area contributed by atoms with Gasteiger partial charge in [-0.3, -0.25) is 4.79 Å². The van der Waals surface area contributed by atoms with Crippen LogP contribution in [0.3, 0.4) is 0 Å². The largest absolute Gasteiger partial charge is 0.330 e. The molecule has 0 heterocycles. The third-order valence-corrected chi connectivity index (χ3v) is 2.85. The molecule has 0 aromatic heterocycles. The fourth-order valence-electron chi connectivity index (χ4n) is 2.20. The van der Waals surface area contributed by atoms with Crippen molar-refractivity contribution < 1.29 is 9.28 Å². The summed E-state index contributed by atoms with van der Waals surface area (Å²) in [6.45, 7) is 3.08.